The Morgan fingerprint density at radius 1 is 0.939 bits per heavy atom. The molecular formula is C27H23ClN2O2S. The third-order valence-electron chi connectivity index (χ3n) is 5.03. The molecule has 0 radical (unpaired) electrons. The third kappa shape index (κ3) is 6.35. The van der Waals surface area contributed by atoms with Crippen LogP contribution in [0.4, 0.5) is 0 Å². The molecular weight excluding hydrogens is 452 g/mol. The molecule has 0 saturated carbocycles. The summed E-state index contributed by atoms with van der Waals surface area (Å²) < 4.78 is 0. The molecule has 1 N–H and O–H groups in total. The van der Waals surface area contributed by atoms with Gasteiger partial charge >= 0.3 is 0 Å². The zero-order valence-corrected chi connectivity index (χ0v) is 19.7. The van der Waals surface area contributed by atoms with E-state index in [9.17, 15) is 14.9 Å². The molecule has 1 amide bonds. The summed E-state index contributed by atoms with van der Waals surface area (Å²) in [5, 5.41) is 14.0. The quantitative estimate of drug-likeness (QED) is 0.279. The zero-order chi connectivity index (χ0) is 23.6. The lowest BCUT2D eigenvalue weighted by molar-refractivity contribution is 0.0966. The number of hydrogen-bond acceptors (Lipinski definition) is 4. The maximum absolute atomic E-state index is 13.1. The van der Waals surface area contributed by atoms with Gasteiger partial charge in [0.15, 0.2) is 5.78 Å². The van der Waals surface area contributed by atoms with E-state index in [0.29, 0.717) is 38.1 Å². The van der Waals surface area contributed by atoms with Crippen molar-refractivity contribution >= 4 is 35.1 Å². The lowest BCUT2D eigenvalue weighted by atomic mass is 9.86. The second-order valence-electron chi connectivity index (χ2n) is 7.18. The third-order valence-corrected chi connectivity index (χ3v) is 6.27. The van der Waals surface area contributed by atoms with Gasteiger partial charge in [-0.05, 0) is 29.5 Å². The summed E-state index contributed by atoms with van der Waals surface area (Å²) in [7, 11) is 0. The maximum Gasteiger partial charge on any atom is 0.256 e. The first kappa shape index (κ1) is 24.3. The summed E-state index contributed by atoms with van der Waals surface area (Å²) in [5.41, 5.74) is 2.02. The summed E-state index contributed by atoms with van der Waals surface area (Å²) in [5.74, 6) is -0.395. The standard InChI is InChI=1S/C27H23ClN2O2S/c1-2-33-27(30-26(32)20-13-7-4-8-14-20)23(18-29)22(21-15-9-10-16-24(21)28)17-25(31)19-11-5-3-6-12-19/h3-16,22H,2,17H2,1H3,(H,30,32)/b27-23+/t22-/m0/s1. The van der Waals surface area contributed by atoms with Gasteiger partial charge in [-0.15, -0.1) is 11.8 Å². The summed E-state index contributed by atoms with van der Waals surface area (Å²) in [6.07, 6.45) is 0.0472. The Bertz CT molecular complexity index is 1190. The topological polar surface area (TPSA) is 70.0 Å². The molecule has 0 spiro atoms. The van der Waals surface area contributed by atoms with Gasteiger partial charge in [-0.3, -0.25) is 9.59 Å². The number of nitriles is 1. The van der Waals surface area contributed by atoms with Gasteiger partial charge in [0, 0.05) is 28.5 Å². The number of nitrogens with zero attached hydrogens (tertiary/aromatic N) is 1. The molecule has 0 heterocycles. The van der Waals surface area contributed by atoms with Crippen LogP contribution in [0.25, 0.3) is 0 Å². The number of carbonyl (C=O) groups excluding carboxylic acids is 2. The van der Waals surface area contributed by atoms with Crippen LogP contribution in [0, 0.1) is 11.3 Å². The molecule has 0 saturated heterocycles. The van der Waals surface area contributed by atoms with Crippen molar-refractivity contribution < 1.29 is 9.59 Å². The molecule has 3 aromatic rings. The van der Waals surface area contributed by atoms with Crippen LogP contribution in [0.3, 0.4) is 0 Å². The minimum atomic E-state index is -0.610. The number of thioether (sulfide) groups is 1. The Morgan fingerprint density at radius 3 is 2.09 bits per heavy atom. The van der Waals surface area contributed by atoms with E-state index in [-0.39, 0.29) is 18.1 Å². The molecule has 4 nitrogen and oxygen atoms in total. The van der Waals surface area contributed by atoms with E-state index in [1.807, 2.05) is 31.2 Å². The number of allylic oxidation sites excluding steroid dienone is 1. The minimum absolute atomic E-state index is 0.0472. The molecule has 0 aromatic heterocycles. The molecule has 0 aliphatic carbocycles. The highest BCUT2D eigenvalue weighted by molar-refractivity contribution is 8.03. The number of carbonyl (C=O) groups is 2. The van der Waals surface area contributed by atoms with Crippen LogP contribution in [0.5, 0.6) is 0 Å². The summed E-state index contributed by atoms with van der Waals surface area (Å²) >= 11 is 7.85. The van der Waals surface area contributed by atoms with Gasteiger partial charge < -0.3 is 5.32 Å². The minimum Gasteiger partial charge on any atom is -0.316 e. The molecule has 1 atom stereocenters. The fourth-order valence-corrected chi connectivity index (χ4v) is 4.49. The zero-order valence-electron chi connectivity index (χ0n) is 18.1. The number of ketones is 1. The summed E-state index contributed by atoms with van der Waals surface area (Å²) in [6, 6.07) is 27.2. The van der Waals surface area contributed by atoms with Gasteiger partial charge in [-0.2, -0.15) is 5.26 Å². The summed E-state index contributed by atoms with van der Waals surface area (Å²) in [4.78, 5) is 26.0. The highest BCUT2D eigenvalue weighted by atomic mass is 35.5. The van der Waals surface area contributed by atoms with Crippen LogP contribution in [-0.2, 0) is 0 Å². The Morgan fingerprint density at radius 2 is 1.52 bits per heavy atom. The first-order chi connectivity index (χ1) is 16.0. The van der Waals surface area contributed by atoms with Gasteiger partial charge in [0.05, 0.1) is 16.7 Å². The molecule has 166 valence electrons. The Kier molecular flexibility index (Phi) is 8.88. The fraction of sp³-hybridized carbons (Fsp3) is 0.148. The van der Waals surface area contributed by atoms with E-state index < -0.39 is 5.92 Å². The van der Waals surface area contributed by atoms with Crippen molar-refractivity contribution in [3.05, 3.63) is 117 Å². The normalized spacial score (nSPS) is 12.3. The van der Waals surface area contributed by atoms with Crippen molar-refractivity contribution in [2.45, 2.75) is 19.3 Å². The SMILES string of the molecule is CCS/C(NC(=O)c1ccccc1)=C(\C#N)[C@@H](CC(=O)c1ccccc1)c1ccccc1Cl. The van der Waals surface area contributed by atoms with Crippen molar-refractivity contribution in [2.24, 2.45) is 0 Å². The number of benzene rings is 3. The number of Topliss-reactive ketones (excluding diaryl/α,β-unsaturated/α-hetero) is 1. The molecule has 0 aliphatic rings. The smallest absolute Gasteiger partial charge is 0.256 e. The van der Waals surface area contributed by atoms with E-state index in [1.165, 1.54) is 11.8 Å². The van der Waals surface area contributed by atoms with Crippen LogP contribution < -0.4 is 5.32 Å². The number of hydrogen-bond donors (Lipinski definition) is 1. The molecule has 0 bridgehead atoms. The molecule has 0 aliphatic heterocycles. The highest BCUT2D eigenvalue weighted by Gasteiger charge is 2.27. The second kappa shape index (κ2) is 12.1. The molecule has 3 rings (SSSR count). The second-order valence-corrected chi connectivity index (χ2v) is 8.86. The highest BCUT2D eigenvalue weighted by Crippen LogP contribution is 2.37. The van der Waals surface area contributed by atoms with Crippen LogP contribution in [0.2, 0.25) is 5.02 Å². The lowest BCUT2D eigenvalue weighted by Crippen LogP contribution is -2.24. The number of amides is 1. The fourth-order valence-electron chi connectivity index (χ4n) is 3.43. The van der Waals surface area contributed by atoms with E-state index in [4.69, 9.17) is 11.6 Å². The first-order valence-electron chi connectivity index (χ1n) is 10.5. The van der Waals surface area contributed by atoms with Crippen LogP contribution in [-0.4, -0.2) is 17.4 Å². The number of halogens is 1. The van der Waals surface area contributed by atoms with Crippen LogP contribution >= 0.6 is 23.4 Å². The van der Waals surface area contributed by atoms with Gasteiger partial charge in [0.2, 0.25) is 0 Å². The van der Waals surface area contributed by atoms with Crippen molar-refractivity contribution in [3.63, 3.8) is 0 Å². The van der Waals surface area contributed by atoms with Crippen molar-refractivity contribution in [1.29, 1.82) is 5.26 Å². The first-order valence-corrected chi connectivity index (χ1v) is 11.9. The van der Waals surface area contributed by atoms with Crippen molar-refractivity contribution in [2.75, 3.05) is 5.75 Å². The number of rotatable bonds is 9. The van der Waals surface area contributed by atoms with Gasteiger partial charge in [-0.25, -0.2) is 0 Å². The average Bonchev–Trinajstić information content (AvgIpc) is 2.85. The van der Waals surface area contributed by atoms with Gasteiger partial charge in [-0.1, -0.05) is 85.3 Å². The van der Waals surface area contributed by atoms with E-state index in [0.717, 1.165) is 0 Å². The van der Waals surface area contributed by atoms with Crippen LogP contribution in [0.15, 0.2) is 95.5 Å². The summed E-state index contributed by atoms with van der Waals surface area (Å²) in [6.45, 7) is 1.94. The Hall–Kier alpha value is -3.33. The molecule has 33 heavy (non-hydrogen) atoms. The van der Waals surface area contributed by atoms with Crippen molar-refractivity contribution in [1.82, 2.24) is 5.32 Å². The van der Waals surface area contributed by atoms with Crippen molar-refractivity contribution in [3.8, 4) is 6.07 Å². The maximum atomic E-state index is 13.1. The molecule has 6 heteroatoms. The molecule has 0 fully saturated rings. The lowest BCUT2D eigenvalue weighted by Gasteiger charge is -2.21. The molecule has 3 aromatic carbocycles. The average molecular weight is 475 g/mol. The predicted molar refractivity (Wildman–Crippen MR) is 134 cm³/mol. The Labute approximate surface area is 203 Å². The molecule has 0 unspecified atom stereocenters. The van der Waals surface area contributed by atoms with Crippen LogP contribution in [0.1, 0.15) is 45.5 Å². The van der Waals surface area contributed by atoms with E-state index in [2.05, 4.69) is 11.4 Å². The number of nitrogens with one attached hydrogen (secondary N) is 1. The largest absolute Gasteiger partial charge is 0.316 e. The van der Waals surface area contributed by atoms with E-state index >= 15 is 0 Å². The predicted octanol–water partition coefficient (Wildman–Crippen LogP) is 6.61. The monoisotopic (exact) mass is 474 g/mol. The van der Waals surface area contributed by atoms with Gasteiger partial charge in [0.1, 0.15) is 0 Å². The van der Waals surface area contributed by atoms with E-state index in [1.54, 1.807) is 60.7 Å². The Balaban J connectivity index is 2.06. The van der Waals surface area contributed by atoms with Gasteiger partial charge in [0.25, 0.3) is 5.91 Å².